The second-order valence-corrected chi connectivity index (χ2v) is 4.19. The minimum Gasteiger partial charge on any atom is -0.389 e. The van der Waals surface area contributed by atoms with Gasteiger partial charge in [0.15, 0.2) is 0 Å². The Bertz CT molecular complexity index is 142. The van der Waals surface area contributed by atoms with Gasteiger partial charge in [-0.2, -0.15) is 0 Å². The van der Waals surface area contributed by atoms with Gasteiger partial charge < -0.3 is 15.2 Å². The van der Waals surface area contributed by atoms with Gasteiger partial charge in [-0.1, -0.05) is 13.3 Å². The average molecular weight is 187 g/mol. The first-order valence-corrected chi connectivity index (χ1v) is 5.17. The van der Waals surface area contributed by atoms with Crippen molar-refractivity contribution < 1.29 is 9.84 Å². The molecular formula is C10H21NO2. The number of ether oxygens (including phenoxy) is 1. The monoisotopic (exact) mass is 187 g/mol. The molecule has 1 aliphatic heterocycles. The second-order valence-electron chi connectivity index (χ2n) is 4.19. The highest BCUT2D eigenvalue weighted by atomic mass is 16.5. The highest BCUT2D eigenvalue weighted by Gasteiger charge is 2.22. The third-order valence-electron chi connectivity index (χ3n) is 2.49. The predicted octanol–water partition coefficient (Wildman–Crippen LogP) is 0.916. The first-order valence-electron chi connectivity index (χ1n) is 5.17. The van der Waals surface area contributed by atoms with Crippen molar-refractivity contribution >= 4 is 0 Å². The van der Waals surface area contributed by atoms with E-state index in [4.69, 9.17) is 4.74 Å². The Hall–Kier alpha value is -0.120. The van der Waals surface area contributed by atoms with Crippen LogP contribution in [0.1, 0.15) is 33.1 Å². The van der Waals surface area contributed by atoms with E-state index in [-0.39, 0.29) is 0 Å². The molecule has 0 bridgehead atoms. The van der Waals surface area contributed by atoms with Crippen LogP contribution in [0.3, 0.4) is 0 Å². The van der Waals surface area contributed by atoms with E-state index in [1.807, 2.05) is 6.92 Å². The fourth-order valence-corrected chi connectivity index (χ4v) is 1.69. The number of nitrogens with one attached hydrogen (secondary N) is 1. The zero-order valence-electron chi connectivity index (χ0n) is 8.68. The van der Waals surface area contributed by atoms with Crippen LogP contribution in [0.25, 0.3) is 0 Å². The molecule has 0 spiro atoms. The molecule has 0 amide bonds. The summed E-state index contributed by atoms with van der Waals surface area (Å²) < 4.78 is 5.24. The molecule has 0 aromatic rings. The molecule has 2 N–H and O–H groups in total. The summed E-state index contributed by atoms with van der Waals surface area (Å²) >= 11 is 0. The molecule has 1 saturated heterocycles. The summed E-state index contributed by atoms with van der Waals surface area (Å²) in [7, 11) is 0. The summed E-state index contributed by atoms with van der Waals surface area (Å²) in [5.41, 5.74) is -0.558. The largest absolute Gasteiger partial charge is 0.389 e. The smallest absolute Gasteiger partial charge is 0.0743 e. The number of aliphatic hydroxyl groups is 1. The van der Waals surface area contributed by atoms with E-state index < -0.39 is 5.60 Å². The van der Waals surface area contributed by atoms with Gasteiger partial charge in [0, 0.05) is 19.2 Å². The van der Waals surface area contributed by atoms with Gasteiger partial charge in [-0.15, -0.1) is 0 Å². The van der Waals surface area contributed by atoms with E-state index in [0.717, 1.165) is 32.5 Å². The Morgan fingerprint density at radius 1 is 1.62 bits per heavy atom. The Morgan fingerprint density at radius 3 is 2.92 bits per heavy atom. The number of hydrogen-bond donors (Lipinski definition) is 2. The van der Waals surface area contributed by atoms with Crippen molar-refractivity contribution in [3.05, 3.63) is 0 Å². The molecule has 0 aromatic carbocycles. The molecule has 3 heteroatoms. The molecular weight excluding hydrogens is 166 g/mol. The SMILES string of the molecule is CCCC(C)(O)CNC1CCOC1. The van der Waals surface area contributed by atoms with Crippen molar-refractivity contribution in [3.63, 3.8) is 0 Å². The topological polar surface area (TPSA) is 41.5 Å². The Labute approximate surface area is 80.5 Å². The zero-order chi connectivity index (χ0) is 9.73. The van der Waals surface area contributed by atoms with Crippen LogP contribution in [0.15, 0.2) is 0 Å². The van der Waals surface area contributed by atoms with Gasteiger partial charge in [0.2, 0.25) is 0 Å². The molecule has 13 heavy (non-hydrogen) atoms. The molecule has 1 aliphatic rings. The molecule has 2 unspecified atom stereocenters. The molecule has 2 atom stereocenters. The molecule has 1 heterocycles. The molecule has 0 radical (unpaired) electrons. The average Bonchev–Trinajstić information content (AvgIpc) is 2.52. The lowest BCUT2D eigenvalue weighted by Gasteiger charge is -2.24. The van der Waals surface area contributed by atoms with Crippen molar-refractivity contribution in [1.29, 1.82) is 0 Å². The summed E-state index contributed by atoms with van der Waals surface area (Å²) in [6, 6.07) is 0.448. The summed E-state index contributed by atoms with van der Waals surface area (Å²) in [6.45, 7) is 6.30. The standard InChI is InChI=1S/C10H21NO2/c1-3-5-10(2,12)8-11-9-4-6-13-7-9/h9,11-12H,3-8H2,1-2H3. The normalized spacial score (nSPS) is 27.5. The van der Waals surface area contributed by atoms with Gasteiger partial charge in [-0.05, 0) is 19.8 Å². The minimum absolute atomic E-state index is 0.448. The van der Waals surface area contributed by atoms with Crippen LogP contribution in [0.5, 0.6) is 0 Å². The Morgan fingerprint density at radius 2 is 2.38 bits per heavy atom. The molecule has 3 nitrogen and oxygen atoms in total. The maximum absolute atomic E-state index is 9.87. The van der Waals surface area contributed by atoms with Crippen molar-refractivity contribution in [1.82, 2.24) is 5.32 Å². The number of hydrogen-bond acceptors (Lipinski definition) is 3. The summed E-state index contributed by atoms with van der Waals surface area (Å²) in [4.78, 5) is 0. The van der Waals surface area contributed by atoms with E-state index in [1.54, 1.807) is 0 Å². The van der Waals surface area contributed by atoms with E-state index in [9.17, 15) is 5.11 Å². The minimum atomic E-state index is -0.558. The molecule has 0 aromatic heterocycles. The van der Waals surface area contributed by atoms with Gasteiger partial charge in [0.25, 0.3) is 0 Å². The van der Waals surface area contributed by atoms with E-state index >= 15 is 0 Å². The van der Waals surface area contributed by atoms with Crippen molar-refractivity contribution in [2.24, 2.45) is 0 Å². The van der Waals surface area contributed by atoms with Crippen LogP contribution in [-0.2, 0) is 4.74 Å². The molecule has 1 fully saturated rings. The summed E-state index contributed by atoms with van der Waals surface area (Å²) in [5, 5.41) is 13.2. The molecule has 0 saturated carbocycles. The lowest BCUT2D eigenvalue weighted by molar-refractivity contribution is 0.0466. The first kappa shape index (κ1) is 11.0. The van der Waals surface area contributed by atoms with Crippen molar-refractivity contribution in [2.75, 3.05) is 19.8 Å². The fourth-order valence-electron chi connectivity index (χ4n) is 1.69. The van der Waals surface area contributed by atoms with E-state index in [2.05, 4.69) is 12.2 Å². The van der Waals surface area contributed by atoms with Crippen LogP contribution in [0.4, 0.5) is 0 Å². The zero-order valence-corrected chi connectivity index (χ0v) is 8.68. The Kier molecular flexibility index (Phi) is 4.16. The summed E-state index contributed by atoms with van der Waals surface area (Å²) in [6.07, 6.45) is 2.95. The highest BCUT2D eigenvalue weighted by molar-refractivity contribution is 4.79. The van der Waals surface area contributed by atoms with Crippen molar-refractivity contribution in [2.45, 2.75) is 44.8 Å². The third-order valence-corrected chi connectivity index (χ3v) is 2.49. The third kappa shape index (κ3) is 4.07. The quantitative estimate of drug-likeness (QED) is 0.672. The first-order chi connectivity index (χ1) is 6.14. The van der Waals surface area contributed by atoms with E-state index in [1.165, 1.54) is 0 Å². The lowest BCUT2D eigenvalue weighted by atomic mass is 10.0. The number of rotatable bonds is 5. The maximum atomic E-state index is 9.87. The van der Waals surface area contributed by atoms with Gasteiger partial charge >= 0.3 is 0 Å². The maximum Gasteiger partial charge on any atom is 0.0743 e. The molecule has 0 aliphatic carbocycles. The van der Waals surface area contributed by atoms with Gasteiger partial charge in [-0.3, -0.25) is 0 Å². The van der Waals surface area contributed by atoms with Crippen LogP contribution >= 0.6 is 0 Å². The van der Waals surface area contributed by atoms with Gasteiger partial charge in [0.05, 0.1) is 12.2 Å². The van der Waals surface area contributed by atoms with Crippen LogP contribution in [-0.4, -0.2) is 36.5 Å². The highest BCUT2D eigenvalue weighted by Crippen LogP contribution is 2.11. The lowest BCUT2D eigenvalue weighted by Crippen LogP contribution is -2.42. The molecule has 1 rings (SSSR count). The van der Waals surface area contributed by atoms with Crippen LogP contribution in [0.2, 0.25) is 0 Å². The summed E-state index contributed by atoms with van der Waals surface area (Å²) in [5.74, 6) is 0. The van der Waals surface area contributed by atoms with Crippen LogP contribution < -0.4 is 5.32 Å². The van der Waals surface area contributed by atoms with Gasteiger partial charge in [-0.25, -0.2) is 0 Å². The second kappa shape index (κ2) is 4.94. The van der Waals surface area contributed by atoms with E-state index in [0.29, 0.717) is 12.6 Å². The Balaban J connectivity index is 2.15. The fraction of sp³-hybridized carbons (Fsp3) is 1.00. The van der Waals surface area contributed by atoms with Crippen molar-refractivity contribution in [3.8, 4) is 0 Å². The van der Waals surface area contributed by atoms with Crippen LogP contribution in [0, 0.1) is 0 Å². The molecule has 78 valence electrons. The predicted molar refractivity (Wildman–Crippen MR) is 52.8 cm³/mol. The van der Waals surface area contributed by atoms with Gasteiger partial charge in [0.1, 0.15) is 0 Å².